The van der Waals surface area contributed by atoms with Crippen molar-refractivity contribution in [2.24, 2.45) is 16.6 Å². The van der Waals surface area contributed by atoms with E-state index < -0.39 is 54.7 Å². The van der Waals surface area contributed by atoms with Gasteiger partial charge in [0.15, 0.2) is 0 Å². The largest absolute Gasteiger partial charge is 0.389 e. The molecule has 3 amide bonds. The number of benzene rings is 3. The van der Waals surface area contributed by atoms with Crippen molar-refractivity contribution >= 4 is 34.9 Å². The predicted molar refractivity (Wildman–Crippen MR) is 159 cm³/mol. The third-order valence-electron chi connectivity index (χ3n) is 7.26. The number of fused-ring (bicyclic) bond motifs is 1. The molecular weight excluding hydrogens is 571 g/mol. The van der Waals surface area contributed by atoms with Crippen molar-refractivity contribution < 1.29 is 27.6 Å². The van der Waals surface area contributed by atoms with E-state index in [9.17, 15) is 27.6 Å². The molecule has 4 aromatic rings. The first-order valence-electron chi connectivity index (χ1n) is 13.8. The number of amides is 3. The van der Waals surface area contributed by atoms with E-state index in [-0.39, 0.29) is 11.4 Å². The summed E-state index contributed by atoms with van der Waals surface area (Å²) in [6, 6.07) is 28.9. The third-order valence-corrected chi connectivity index (χ3v) is 7.26. The number of anilines is 2. The van der Waals surface area contributed by atoms with E-state index in [4.69, 9.17) is 5.73 Å². The second kappa shape index (κ2) is 12.9. The van der Waals surface area contributed by atoms with Gasteiger partial charge >= 0.3 is 6.18 Å². The molecule has 1 aliphatic heterocycles. The Morgan fingerprint density at radius 1 is 0.886 bits per heavy atom. The van der Waals surface area contributed by atoms with Gasteiger partial charge in [0.2, 0.25) is 18.0 Å². The lowest BCUT2D eigenvalue weighted by atomic mass is 9.81. The molecule has 0 spiro atoms. The molecule has 1 aromatic heterocycles. The molecule has 0 fully saturated rings. The smallest absolute Gasteiger partial charge is 0.369 e. The van der Waals surface area contributed by atoms with Crippen LogP contribution in [0.25, 0.3) is 0 Å². The Labute approximate surface area is 251 Å². The number of pyridine rings is 1. The maximum absolute atomic E-state index is 14.2. The van der Waals surface area contributed by atoms with Gasteiger partial charge in [-0.1, -0.05) is 84.9 Å². The van der Waals surface area contributed by atoms with Crippen LogP contribution in [-0.4, -0.2) is 40.8 Å². The van der Waals surface area contributed by atoms with Crippen LogP contribution in [0.1, 0.15) is 35.4 Å². The number of hydrogen-bond acceptors (Lipinski definition) is 5. The second-order valence-electron chi connectivity index (χ2n) is 10.2. The first kappa shape index (κ1) is 30.1. The van der Waals surface area contributed by atoms with E-state index in [1.807, 2.05) is 6.07 Å². The molecule has 11 heteroatoms. The van der Waals surface area contributed by atoms with E-state index in [1.54, 1.807) is 84.9 Å². The van der Waals surface area contributed by atoms with Gasteiger partial charge in [0.25, 0.3) is 5.91 Å². The summed E-state index contributed by atoms with van der Waals surface area (Å²) in [4.78, 5) is 51.1. The second-order valence-corrected chi connectivity index (χ2v) is 10.2. The lowest BCUT2D eigenvalue weighted by molar-refractivity contribution is -0.144. The Balaban J connectivity index is 1.61. The maximum atomic E-state index is 14.2. The Morgan fingerprint density at radius 3 is 2.16 bits per heavy atom. The first-order chi connectivity index (χ1) is 21.1. The zero-order chi connectivity index (χ0) is 31.3. The molecule has 2 heterocycles. The van der Waals surface area contributed by atoms with Gasteiger partial charge in [-0.15, -0.1) is 0 Å². The average Bonchev–Trinajstić information content (AvgIpc) is 3.13. The molecule has 3 N–H and O–H groups in total. The fourth-order valence-corrected chi connectivity index (χ4v) is 5.27. The highest BCUT2D eigenvalue weighted by Crippen LogP contribution is 2.35. The Bertz CT molecular complexity index is 1660. The number of carbonyl (C=O) groups excluding carboxylic acids is 3. The highest BCUT2D eigenvalue weighted by molar-refractivity contribution is 6.21. The number of halogens is 3. The van der Waals surface area contributed by atoms with E-state index in [1.165, 1.54) is 23.2 Å². The molecule has 0 saturated heterocycles. The van der Waals surface area contributed by atoms with Crippen LogP contribution >= 0.6 is 0 Å². The number of alkyl halides is 3. The van der Waals surface area contributed by atoms with Gasteiger partial charge in [0, 0.05) is 23.7 Å². The number of para-hydroxylation sites is 1. The number of primary amides is 1. The number of aliphatic imine (C=N–C) groups is 1. The van der Waals surface area contributed by atoms with Crippen molar-refractivity contribution in [1.29, 1.82) is 0 Å². The van der Waals surface area contributed by atoms with Crippen molar-refractivity contribution in [3.63, 3.8) is 0 Å². The number of hydrogen-bond donors (Lipinski definition) is 2. The zero-order valence-corrected chi connectivity index (χ0v) is 23.3. The Morgan fingerprint density at radius 2 is 1.52 bits per heavy atom. The summed E-state index contributed by atoms with van der Waals surface area (Å²) in [5, 5.41) is 2.56. The topological polar surface area (TPSA) is 118 Å². The molecule has 0 aliphatic carbocycles. The molecule has 224 valence electrons. The maximum Gasteiger partial charge on any atom is 0.389 e. The first-order valence-corrected chi connectivity index (χ1v) is 13.8. The number of aromatic nitrogens is 1. The quantitative estimate of drug-likeness (QED) is 0.273. The van der Waals surface area contributed by atoms with E-state index in [2.05, 4.69) is 15.3 Å². The summed E-state index contributed by atoms with van der Waals surface area (Å²) in [5.74, 6) is -5.32. The molecule has 8 nitrogen and oxygen atoms in total. The SMILES string of the molecule is NC(=O)[C@@H](c1ccccc1)[C@@H](CCC(F)(F)F)C(=O)N[C@H]1N=C(c2ccccc2)c2ccccc2N(c2ccccn2)C1=O. The van der Waals surface area contributed by atoms with Gasteiger partial charge < -0.3 is 11.1 Å². The van der Waals surface area contributed by atoms with Gasteiger partial charge in [0.05, 0.1) is 23.2 Å². The van der Waals surface area contributed by atoms with Gasteiger partial charge in [-0.3, -0.25) is 19.3 Å². The number of carbonyl (C=O) groups is 3. The standard InChI is InChI=1S/C33H28F3N5O3/c34-33(35,36)19-18-24(27(29(37)42)21-11-3-1-4-12-21)31(43)40-30-32(44)41(26-17-9-10-20-38-26)25-16-8-7-15-23(25)28(39-30)22-13-5-2-6-14-22/h1-17,20,24,27,30H,18-19H2,(H2,37,42)(H,40,43)/t24-,27+,30-/m1/s1. The van der Waals surface area contributed by atoms with Crippen molar-refractivity contribution in [2.45, 2.75) is 31.1 Å². The molecule has 0 radical (unpaired) electrons. The molecule has 0 bridgehead atoms. The predicted octanol–water partition coefficient (Wildman–Crippen LogP) is 5.27. The lowest BCUT2D eigenvalue weighted by Crippen LogP contribution is -2.49. The van der Waals surface area contributed by atoms with Crippen LogP contribution in [0, 0.1) is 5.92 Å². The number of nitrogens with one attached hydrogen (secondary N) is 1. The average molecular weight is 600 g/mol. The van der Waals surface area contributed by atoms with Gasteiger partial charge in [-0.2, -0.15) is 13.2 Å². The summed E-state index contributed by atoms with van der Waals surface area (Å²) in [7, 11) is 0. The molecule has 3 aromatic carbocycles. The zero-order valence-electron chi connectivity index (χ0n) is 23.3. The number of benzodiazepines with no additional fused rings is 1. The Kier molecular flexibility index (Phi) is 8.84. The molecule has 0 unspecified atom stereocenters. The number of nitrogens with zero attached hydrogens (tertiary/aromatic N) is 3. The fourth-order valence-electron chi connectivity index (χ4n) is 5.27. The minimum Gasteiger partial charge on any atom is -0.369 e. The third kappa shape index (κ3) is 6.67. The van der Waals surface area contributed by atoms with Crippen LogP contribution in [0.5, 0.6) is 0 Å². The van der Waals surface area contributed by atoms with Crippen LogP contribution in [-0.2, 0) is 14.4 Å². The number of rotatable bonds is 9. The van der Waals surface area contributed by atoms with Gasteiger partial charge in [-0.05, 0) is 30.2 Å². The minimum absolute atomic E-state index is 0.252. The van der Waals surface area contributed by atoms with Crippen LogP contribution in [0.3, 0.4) is 0 Å². The monoisotopic (exact) mass is 599 g/mol. The summed E-state index contributed by atoms with van der Waals surface area (Å²) < 4.78 is 40.2. The Hall–Kier alpha value is -5.32. The summed E-state index contributed by atoms with van der Waals surface area (Å²) in [6.45, 7) is 0. The van der Waals surface area contributed by atoms with Crippen LogP contribution in [0.15, 0.2) is 114 Å². The van der Waals surface area contributed by atoms with E-state index in [0.29, 0.717) is 22.5 Å². The normalized spacial score (nSPS) is 16.2. The fraction of sp³-hybridized carbons (Fsp3) is 0.182. The highest BCUT2D eigenvalue weighted by Gasteiger charge is 2.41. The van der Waals surface area contributed by atoms with Crippen LogP contribution in [0.2, 0.25) is 0 Å². The highest BCUT2D eigenvalue weighted by atomic mass is 19.4. The lowest BCUT2D eigenvalue weighted by Gasteiger charge is -2.28. The molecular formula is C33H28F3N5O3. The molecule has 44 heavy (non-hydrogen) atoms. The molecule has 1 aliphatic rings. The minimum atomic E-state index is -4.61. The molecule has 0 saturated carbocycles. The van der Waals surface area contributed by atoms with Crippen molar-refractivity contribution in [3.05, 3.63) is 126 Å². The number of nitrogens with two attached hydrogens (primary N) is 1. The van der Waals surface area contributed by atoms with E-state index >= 15 is 0 Å². The summed E-state index contributed by atoms with van der Waals surface area (Å²) in [6.07, 6.45) is -6.76. The van der Waals surface area contributed by atoms with E-state index in [0.717, 1.165) is 0 Å². The molecule has 5 rings (SSSR count). The van der Waals surface area contributed by atoms with Gasteiger partial charge in [0.1, 0.15) is 5.82 Å². The van der Waals surface area contributed by atoms with Crippen molar-refractivity contribution in [3.8, 4) is 0 Å². The van der Waals surface area contributed by atoms with Crippen LogP contribution in [0.4, 0.5) is 24.7 Å². The van der Waals surface area contributed by atoms with Crippen molar-refractivity contribution in [2.75, 3.05) is 4.90 Å². The molecule has 3 atom stereocenters. The van der Waals surface area contributed by atoms with Crippen molar-refractivity contribution in [1.82, 2.24) is 10.3 Å². The van der Waals surface area contributed by atoms with Gasteiger partial charge in [-0.25, -0.2) is 9.98 Å². The summed E-state index contributed by atoms with van der Waals surface area (Å²) in [5.41, 5.74) is 7.99. The van der Waals surface area contributed by atoms with Crippen LogP contribution < -0.4 is 16.0 Å². The summed E-state index contributed by atoms with van der Waals surface area (Å²) >= 11 is 0.